The first kappa shape index (κ1) is 16.1. The van der Waals surface area contributed by atoms with Gasteiger partial charge in [0.25, 0.3) is 5.91 Å². The largest absolute Gasteiger partial charge is 0.493 e. The standard InChI is InChI=1S/C18H21N3O3/c1-13-6-2-3-7-14(13)23-11-5-4-10-21-17(22)12-24-15-8-9-16(19)20-18(15)21/h2-3,6-9H,4-5,10-12H2,1H3,(H2,19,20). The minimum absolute atomic E-state index is 0.0400. The number of carbonyl (C=O) groups excluding carboxylic acids is 1. The van der Waals surface area contributed by atoms with E-state index < -0.39 is 0 Å². The number of carbonyl (C=O) groups is 1. The number of unbranched alkanes of at least 4 members (excludes halogenated alkanes) is 1. The Kier molecular flexibility index (Phi) is 4.84. The van der Waals surface area contributed by atoms with E-state index in [1.54, 1.807) is 17.0 Å². The third-order valence-corrected chi connectivity index (χ3v) is 3.90. The van der Waals surface area contributed by atoms with Crippen LogP contribution in [0, 0.1) is 6.92 Å². The summed E-state index contributed by atoms with van der Waals surface area (Å²) in [6, 6.07) is 11.4. The van der Waals surface area contributed by atoms with Crippen LogP contribution in [0.1, 0.15) is 18.4 Å². The van der Waals surface area contributed by atoms with Crippen LogP contribution in [0.3, 0.4) is 0 Å². The van der Waals surface area contributed by atoms with Gasteiger partial charge in [-0.15, -0.1) is 0 Å². The first-order valence-electron chi connectivity index (χ1n) is 8.03. The van der Waals surface area contributed by atoms with E-state index in [4.69, 9.17) is 15.2 Å². The predicted octanol–water partition coefficient (Wildman–Crippen LogP) is 2.56. The number of benzene rings is 1. The molecule has 1 amide bonds. The SMILES string of the molecule is Cc1ccccc1OCCCCN1C(=O)COc2ccc(N)nc21. The summed E-state index contributed by atoms with van der Waals surface area (Å²) >= 11 is 0. The predicted molar refractivity (Wildman–Crippen MR) is 92.4 cm³/mol. The van der Waals surface area contributed by atoms with Gasteiger partial charge < -0.3 is 15.2 Å². The van der Waals surface area contributed by atoms with Crippen molar-refractivity contribution in [1.82, 2.24) is 4.98 Å². The molecule has 3 rings (SSSR count). The number of rotatable bonds is 6. The van der Waals surface area contributed by atoms with Crippen LogP contribution in [-0.4, -0.2) is 30.6 Å². The molecule has 6 heteroatoms. The molecule has 1 aromatic heterocycles. The second-order valence-corrected chi connectivity index (χ2v) is 5.71. The smallest absolute Gasteiger partial charge is 0.266 e. The lowest BCUT2D eigenvalue weighted by molar-refractivity contribution is -0.121. The lowest BCUT2D eigenvalue weighted by atomic mass is 10.2. The summed E-state index contributed by atoms with van der Waals surface area (Å²) in [4.78, 5) is 18.0. The van der Waals surface area contributed by atoms with Crippen molar-refractivity contribution in [2.75, 3.05) is 30.4 Å². The van der Waals surface area contributed by atoms with Crippen molar-refractivity contribution in [3.63, 3.8) is 0 Å². The number of hydrogen-bond acceptors (Lipinski definition) is 5. The van der Waals surface area contributed by atoms with Gasteiger partial charge in [0.2, 0.25) is 0 Å². The Morgan fingerprint density at radius 1 is 1.25 bits per heavy atom. The summed E-state index contributed by atoms with van der Waals surface area (Å²) in [6.45, 7) is 3.25. The van der Waals surface area contributed by atoms with Gasteiger partial charge in [0, 0.05) is 6.54 Å². The van der Waals surface area contributed by atoms with Crippen molar-refractivity contribution in [2.24, 2.45) is 0 Å². The van der Waals surface area contributed by atoms with E-state index in [2.05, 4.69) is 4.98 Å². The highest BCUT2D eigenvalue weighted by Crippen LogP contribution is 2.30. The van der Waals surface area contributed by atoms with Gasteiger partial charge in [-0.3, -0.25) is 9.69 Å². The quantitative estimate of drug-likeness (QED) is 0.825. The van der Waals surface area contributed by atoms with Crippen LogP contribution in [-0.2, 0) is 4.79 Å². The molecular formula is C18H21N3O3. The zero-order valence-corrected chi connectivity index (χ0v) is 13.7. The van der Waals surface area contributed by atoms with E-state index in [-0.39, 0.29) is 12.5 Å². The number of para-hydroxylation sites is 1. The molecule has 0 saturated heterocycles. The number of fused-ring (bicyclic) bond motifs is 1. The molecule has 0 bridgehead atoms. The number of amides is 1. The van der Waals surface area contributed by atoms with E-state index in [9.17, 15) is 4.79 Å². The Hall–Kier alpha value is -2.76. The van der Waals surface area contributed by atoms with E-state index in [0.717, 1.165) is 24.2 Å². The number of nitrogens with two attached hydrogens (primary N) is 1. The number of pyridine rings is 1. The highest BCUT2D eigenvalue weighted by Gasteiger charge is 2.26. The van der Waals surface area contributed by atoms with Crippen LogP contribution in [0.5, 0.6) is 11.5 Å². The summed E-state index contributed by atoms with van der Waals surface area (Å²) in [5.41, 5.74) is 6.84. The van der Waals surface area contributed by atoms with Gasteiger partial charge in [0.15, 0.2) is 18.2 Å². The molecule has 0 spiro atoms. The zero-order valence-electron chi connectivity index (χ0n) is 13.7. The Morgan fingerprint density at radius 3 is 2.92 bits per heavy atom. The second kappa shape index (κ2) is 7.21. The normalized spacial score (nSPS) is 13.4. The topological polar surface area (TPSA) is 77.7 Å². The minimum atomic E-state index is -0.0968. The van der Waals surface area contributed by atoms with Gasteiger partial charge >= 0.3 is 0 Å². The molecular weight excluding hydrogens is 306 g/mol. The molecule has 2 aromatic rings. The first-order valence-corrected chi connectivity index (χ1v) is 8.03. The molecule has 1 aliphatic heterocycles. The number of aromatic nitrogens is 1. The summed E-state index contributed by atoms with van der Waals surface area (Å²) in [6.07, 6.45) is 1.66. The average Bonchev–Trinajstić information content (AvgIpc) is 2.58. The van der Waals surface area contributed by atoms with Crippen molar-refractivity contribution in [3.05, 3.63) is 42.0 Å². The molecule has 2 N–H and O–H groups in total. The van der Waals surface area contributed by atoms with Gasteiger partial charge in [0.05, 0.1) is 6.61 Å². The van der Waals surface area contributed by atoms with Gasteiger partial charge in [-0.25, -0.2) is 4.98 Å². The van der Waals surface area contributed by atoms with Crippen LogP contribution >= 0.6 is 0 Å². The van der Waals surface area contributed by atoms with Crippen molar-refractivity contribution in [3.8, 4) is 11.5 Å². The van der Waals surface area contributed by atoms with Gasteiger partial charge in [-0.05, 0) is 43.5 Å². The van der Waals surface area contributed by atoms with Crippen molar-refractivity contribution < 1.29 is 14.3 Å². The fourth-order valence-electron chi connectivity index (χ4n) is 2.59. The van der Waals surface area contributed by atoms with Crippen molar-refractivity contribution in [1.29, 1.82) is 0 Å². The minimum Gasteiger partial charge on any atom is -0.493 e. The van der Waals surface area contributed by atoms with Crippen LogP contribution < -0.4 is 20.1 Å². The van der Waals surface area contributed by atoms with Crippen LogP contribution in [0.25, 0.3) is 0 Å². The van der Waals surface area contributed by atoms with Crippen LogP contribution in [0.2, 0.25) is 0 Å². The Morgan fingerprint density at radius 2 is 2.08 bits per heavy atom. The lowest BCUT2D eigenvalue weighted by Crippen LogP contribution is -2.40. The molecule has 0 aliphatic carbocycles. The number of hydrogen-bond donors (Lipinski definition) is 1. The molecule has 1 aliphatic rings. The highest BCUT2D eigenvalue weighted by atomic mass is 16.5. The van der Waals surface area contributed by atoms with Crippen molar-refractivity contribution >= 4 is 17.5 Å². The third-order valence-electron chi connectivity index (χ3n) is 3.90. The van der Waals surface area contributed by atoms with Gasteiger partial charge in [0.1, 0.15) is 11.6 Å². The van der Waals surface area contributed by atoms with E-state index >= 15 is 0 Å². The summed E-state index contributed by atoms with van der Waals surface area (Å²) < 4.78 is 11.2. The average molecular weight is 327 g/mol. The summed E-state index contributed by atoms with van der Waals surface area (Å²) in [5.74, 6) is 2.28. The molecule has 1 aromatic carbocycles. The summed E-state index contributed by atoms with van der Waals surface area (Å²) in [7, 11) is 0. The molecule has 126 valence electrons. The maximum Gasteiger partial charge on any atom is 0.266 e. The molecule has 0 saturated carbocycles. The van der Waals surface area contributed by atoms with Crippen LogP contribution in [0.4, 0.5) is 11.6 Å². The molecule has 24 heavy (non-hydrogen) atoms. The number of nitrogen functional groups attached to an aromatic ring is 1. The number of aryl methyl sites for hydroxylation is 1. The highest BCUT2D eigenvalue weighted by molar-refractivity contribution is 5.96. The second-order valence-electron chi connectivity index (χ2n) is 5.71. The first-order chi connectivity index (χ1) is 11.6. The third kappa shape index (κ3) is 3.59. The number of ether oxygens (including phenoxy) is 2. The molecule has 0 unspecified atom stereocenters. The fourth-order valence-corrected chi connectivity index (χ4v) is 2.59. The Balaban J connectivity index is 1.53. The van der Waals surface area contributed by atoms with Gasteiger partial charge in [-0.2, -0.15) is 0 Å². The zero-order chi connectivity index (χ0) is 16.9. The summed E-state index contributed by atoms with van der Waals surface area (Å²) in [5, 5.41) is 0. The number of anilines is 2. The van der Waals surface area contributed by atoms with Crippen molar-refractivity contribution in [2.45, 2.75) is 19.8 Å². The number of nitrogens with zero attached hydrogens (tertiary/aromatic N) is 2. The maximum absolute atomic E-state index is 12.1. The van der Waals surface area contributed by atoms with E-state index in [0.29, 0.717) is 30.5 Å². The van der Waals surface area contributed by atoms with Crippen LogP contribution in [0.15, 0.2) is 36.4 Å². The maximum atomic E-state index is 12.1. The fraction of sp³-hybridized carbons (Fsp3) is 0.333. The Labute approximate surface area is 141 Å². The molecule has 6 nitrogen and oxygen atoms in total. The molecule has 0 fully saturated rings. The lowest BCUT2D eigenvalue weighted by Gasteiger charge is -2.28. The monoisotopic (exact) mass is 327 g/mol. The molecule has 0 atom stereocenters. The molecule has 0 radical (unpaired) electrons. The molecule has 2 heterocycles. The van der Waals surface area contributed by atoms with E-state index in [1.807, 2.05) is 31.2 Å². The van der Waals surface area contributed by atoms with E-state index in [1.165, 1.54) is 0 Å². The van der Waals surface area contributed by atoms with Gasteiger partial charge in [-0.1, -0.05) is 18.2 Å². The Bertz CT molecular complexity index is 733.